The maximum Gasteiger partial charge on any atom is 0.223 e. The zero-order valence-corrected chi connectivity index (χ0v) is 14.7. The quantitative estimate of drug-likeness (QED) is 0.776. The first-order chi connectivity index (χ1) is 11.6. The molecule has 0 saturated carbocycles. The molecule has 0 aliphatic rings. The van der Waals surface area contributed by atoms with E-state index in [1.54, 1.807) is 0 Å². The normalized spacial score (nSPS) is 12.0. The third-order valence-electron chi connectivity index (χ3n) is 3.99. The lowest BCUT2D eigenvalue weighted by Gasteiger charge is -2.22. The number of likely N-dealkylation sites (N-methyl/N-ethyl adjacent to an activating group) is 1. The van der Waals surface area contributed by atoms with E-state index < -0.39 is 0 Å². The summed E-state index contributed by atoms with van der Waals surface area (Å²) in [6.45, 7) is 3.03. The Labute approximate surface area is 144 Å². The van der Waals surface area contributed by atoms with Crippen LogP contribution in [-0.2, 0) is 4.79 Å². The first kappa shape index (κ1) is 18.0. The van der Waals surface area contributed by atoms with Gasteiger partial charge in [0.05, 0.1) is 33.7 Å². The van der Waals surface area contributed by atoms with Crippen molar-refractivity contribution >= 4 is 5.91 Å². The van der Waals surface area contributed by atoms with Gasteiger partial charge in [-0.3, -0.25) is 4.79 Å². The summed E-state index contributed by atoms with van der Waals surface area (Å²) in [6, 6.07) is 18.4. The lowest BCUT2D eigenvalue weighted by molar-refractivity contribution is -0.890. The molecule has 0 heterocycles. The summed E-state index contributed by atoms with van der Waals surface area (Å²) < 4.78 is 5.63. The maximum absolute atomic E-state index is 12.1. The summed E-state index contributed by atoms with van der Waals surface area (Å²) in [5, 5.41) is 3.02. The van der Waals surface area contributed by atoms with Crippen LogP contribution < -0.4 is 15.0 Å². The summed E-state index contributed by atoms with van der Waals surface area (Å²) in [6.07, 6.45) is 0.359. The predicted octanol–water partition coefficient (Wildman–Crippen LogP) is 1.77. The van der Waals surface area contributed by atoms with Crippen molar-refractivity contribution in [2.75, 3.05) is 27.2 Å². The zero-order valence-electron chi connectivity index (χ0n) is 14.7. The fraction of sp³-hybridized carbons (Fsp3) is 0.350. The number of benzene rings is 2. The van der Waals surface area contributed by atoms with E-state index in [1.165, 1.54) is 10.5 Å². The van der Waals surface area contributed by atoms with Gasteiger partial charge < -0.3 is 15.0 Å². The van der Waals surface area contributed by atoms with Gasteiger partial charge >= 0.3 is 0 Å². The molecular weight excluding hydrogens is 300 g/mol. The number of carbonyl (C=O) groups excluding carboxylic acids is 1. The Balaban J connectivity index is 1.77. The van der Waals surface area contributed by atoms with E-state index in [0.717, 1.165) is 11.3 Å². The molecule has 24 heavy (non-hydrogen) atoms. The van der Waals surface area contributed by atoms with Crippen molar-refractivity contribution in [1.29, 1.82) is 0 Å². The van der Waals surface area contributed by atoms with Crippen molar-refractivity contribution in [3.05, 3.63) is 65.7 Å². The van der Waals surface area contributed by atoms with Gasteiger partial charge in [-0.25, -0.2) is 0 Å². The minimum absolute atomic E-state index is 0.0184. The average Bonchev–Trinajstić information content (AvgIpc) is 2.56. The third kappa shape index (κ3) is 5.70. The van der Waals surface area contributed by atoms with Gasteiger partial charge in [0.15, 0.2) is 0 Å². The molecule has 2 N–H and O–H groups in total. The van der Waals surface area contributed by atoms with E-state index in [1.807, 2.05) is 49.4 Å². The average molecular weight is 327 g/mol. The van der Waals surface area contributed by atoms with E-state index in [2.05, 4.69) is 31.5 Å². The molecule has 0 aromatic heterocycles. The van der Waals surface area contributed by atoms with Gasteiger partial charge in [-0.05, 0) is 24.6 Å². The lowest BCUT2D eigenvalue weighted by atomic mass is 10.1. The molecule has 128 valence electrons. The van der Waals surface area contributed by atoms with Crippen LogP contribution in [0.4, 0.5) is 0 Å². The van der Waals surface area contributed by atoms with Gasteiger partial charge in [0.1, 0.15) is 11.8 Å². The minimum atomic E-state index is 0.0184. The van der Waals surface area contributed by atoms with Crippen molar-refractivity contribution < 1.29 is 14.4 Å². The van der Waals surface area contributed by atoms with Crippen LogP contribution in [0.3, 0.4) is 0 Å². The third-order valence-corrected chi connectivity index (χ3v) is 3.99. The highest BCUT2D eigenvalue weighted by Crippen LogP contribution is 2.12. The molecule has 4 heteroatoms. The minimum Gasteiger partial charge on any atom is -0.493 e. The number of nitrogens with one attached hydrogen (secondary N) is 2. The molecular formula is C20H27N2O2+. The Morgan fingerprint density at radius 1 is 1.12 bits per heavy atom. The molecule has 2 aromatic rings. The Bertz CT molecular complexity index is 641. The van der Waals surface area contributed by atoms with Crippen molar-refractivity contribution in [3.8, 4) is 5.75 Å². The molecule has 2 rings (SSSR count). The number of carbonyl (C=O) groups is 1. The number of hydrogen-bond acceptors (Lipinski definition) is 2. The molecule has 0 fully saturated rings. The van der Waals surface area contributed by atoms with E-state index in [-0.39, 0.29) is 11.9 Å². The van der Waals surface area contributed by atoms with Crippen LogP contribution in [0.15, 0.2) is 54.6 Å². The largest absolute Gasteiger partial charge is 0.493 e. The summed E-state index contributed by atoms with van der Waals surface area (Å²) in [7, 11) is 4.20. The number of ether oxygens (including phenoxy) is 1. The van der Waals surface area contributed by atoms with Gasteiger partial charge in [0, 0.05) is 5.56 Å². The molecule has 4 nitrogen and oxygen atoms in total. The van der Waals surface area contributed by atoms with Crippen LogP contribution >= 0.6 is 0 Å². The highest BCUT2D eigenvalue weighted by molar-refractivity contribution is 5.76. The summed E-state index contributed by atoms with van der Waals surface area (Å²) in [4.78, 5) is 13.3. The second-order valence-corrected chi connectivity index (χ2v) is 6.26. The second-order valence-electron chi connectivity index (χ2n) is 6.26. The number of amides is 1. The molecule has 0 aliphatic carbocycles. The van der Waals surface area contributed by atoms with Crippen molar-refractivity contribution in [1.82, 2.24) is 5.32 Å². The van der Waals surface area contributed by atoms with Crippen LogP contribution in [0.5, 0.6) is 5.75 Å². The Kier molecular flexibility index (Phi) is 6.82. The molecule has 0 bridgehead atoms. The van der Waals surface area contributed by atoms with Crippen molar-refractivity contribution in [2.24, 2.45) is 0 Å². The molecule has 0 saturated heterocycles. The lowest BCUT2D eigenvalue weighted by Crippen LogP contribution is -3.07. The predicted molar refractivity (Wildman–Crippen MR) is 96.3 cm³/mol. The highest BCUT2D eigenvalue weighted by Gasteiger charge is 2.18. The van der Waals surface area contributed by atoms with Crippen LogP contribution in [0, 0.1) is 6.92 Å². The van der Waals surface area contributed by atoms with Crippen molar-refractivity contribution in [3.63, 3.8) is 0 Å². The number of rotatable bonds is 8. The standard InChI is InChI=1S/C20H26N2O2/c1-16-8-7-11-18(14-16)24-13-12-20(23)21-15-19(22(2)3)17-9-5-4-6-10-17/h4-11,14,19H,12-13,15H2,1-3H3,(H,21,23)/p+1/t19-/m1/s1. The number of aryl methyl sites for hydroxylation is 1. The number of hydrogen-bond donors (Lipinski definition) is 2. The second kappa shape index (κ2) is 9.08. The van der Waals surface area contributed by atoms with Gasteiger partial charge in [-0.15, -0.1) is 0 Å². The van der Waals surface area contributed by atoms with E-state index in [9.17, 15) is 4.79 Å². The van der Waals surface area contributed by atoms with Crippen molar-refractivity contribution in [2.45, 2.75) is 19.4 Å². The van der Waals surface area contributed by atoms with Crippen LogP contribution in [-0.4, -0.2) is 33.2 Å². The van der Waals surface area contributed by atoms with Crippen LogP contribution in [0.1, 0.15) is 23.6 Å². The van der Waals surface area contributed by atoms with Gasteiger partial charge in [-0.1, -0.05) is 42.5 Å². The Hall–Kier alpha value is -2.33. The molecule has 0 aliphatic heterocycles. The van der Waals surface area contributed by atoms with Gasteiger partial charge in [-0.2, -0.15) is 0 Å². The molecule has 2 aromatic carbocycles. The van der Waals surface area contributed by atoms with Crippen LogP contribution in [0.2, 0.25) is 0 Å². The molecule has 0 unspecified atom stereocenters. The number of quaternary nitrogens is 1. The fourth-order valence-corrected chi connectivity index (χ4v) is 2.61. The van der Waals surface area contributed by atoms with E-state index >= 15 is 0 Å². The summed E-state index contributed by atoms with van der Waals surface area (Å²) in [5.41, 5.74) is 2.38. The molecule has 1 amide bonds. The zero-order chi connectivity index (χ0) is 17.4. The monoisotopic (exact) mass is 327 g/mol. The first-order valence-corrected chi connectivity index (χ1v) is 8.37. The Morgan fingerprint density at radius 2 is 1.88 bits per heavy atom. The maximum atomic E-state index is 12.1. The Morgan fingerprint density at radius 3 is 2.54 bits per heavy atom. The van der Waals surface area contributed by atoms with Gasteiger partial charge in [0.2, 0.25) is 5.91 Å². The molecule has 0 radical (unpaired) electrons. The molecule has 1 atom stereocenters. The summed E-state index contributed by atoms with van der Waals surface area (Å²) in [5.74, 6) is 0.826. The summed E-state index contributed by atoms with van der Waals surface area (Å²) >= 11 is 0. The fourth-order valence-electron chi connectivity index (χ4n) is 2.61. The smallest absolute Gasteiger partial charge is 0.223 e. The van der Waals surface area contributed by atoms with E-state index in [4.69, 9.17) is 4.74 Å². The van der Waals surface area contributed by atoms with E-state index in [0.29, 0.717) is 19.6 Å². The molecule has 0 spiro atoms. The first-order valence-electron chi connectivity index (χ1n) is 8.37. The highest BCUT2D eigenvalue weighted by atomic mass is 16.5. The van der Waals surface area contributed by atoms with Gasteiger partial charge in [0.25, 0.3) is 0 Å². The topological polar surface area (TPSA) is 42.8 Å². The van der Waals surface area contributed by atoms with Crippen LogP contribution in [0.25, 0.3) is 0 Å². The SMILES string of the molecule is Cc1cccc(OCCC(=O)NC[C@H](c2ccccc2)[NH+](C)C)c1.